The number of halogens is 1. The number of hydrogen-bond acceptors (Lipinski definition) is 3. The smallest absolute Gasteiger partial charge is 0.343 e. The van der Waals surface area contributed by atoms with E-state index in [1.54, 1.807) is 6.26 Å². The third kappa shape index (κ3) is 2.37. The number of likely N-dealkylation sites (tertiary alicyclic amines) is 1. The first-order valence-electron chi connectivity index (χ1n) is 8.18. The van der Waals surface area contributed by atoms with Crippen molar-refractivity contribution in [3.05, 3.63) is 35.1 Å². The molecule has 0 radical (unpaired) electrons. The molecule has 1 aliphatic heterocycles. The lowest BCUT2D eigenvalue weighted by molar-refractivity contribution is -0.150. The summed E-state index contributed by atoms with van der Waals surface area (Å²) in [5, 5.41) is 9.86. The largest absolute Gasteiger partial charge is 0.479 e. The van der Waals surface area contributed by atoms with Crippen LogP contribution in [0.4, 0.5) is 4.39 Å². The van der Waals surface area contributed by atoms with Gasteiger partial charge in [0.05, 0.1) is 19.2 Å². The number of aryl methyl sites for hydroxylation is 2. The number of carbonyl (C=O) groups is 2. The van der Waals surface area contributed by atoms with E-state index in [2.05, 4.69) is 6.07 Å². The molecule has 2 heterocycles. The second-order valence-corrected chi connectivity index (χ2v) is 6.74. The molecule has 24 heavy (non-hydrogen) atoms. The van der Waals surface area contributed by atoms with Crippen LogP contribution < -0.4 is 0 Å². The minimum atomic E-state index is -2.32. The summed E-state index contributed by atoms with van der Waals surface area (Å²) in [4.78, 5) is 24.7. The van der Waals surface area contributed by atoms with E-state index in [-0.39, 0.29) is 31.8 Å². The SMILES string of the molecule is O=C(Cc1coc2cc3c(cc12)CCC3)N1CCC(F)(C(=O)O)C1. The fourth-order valence-electron chi connectivity index (χ4n) is 3.72. The molecule has 1 unspecified atom stereocenters. The summed E-state index contributed by atoms with van der Waals surface area (Å²) >= 11 is 0. The normalized spacial score (nSPS) is 23.0. The first-order chi connectivity index (χ1) is 11.5. The summed E-state index contributed by atoms with van der Waals surface area (Å²) in [5.41, 5.74) is 1.82. The zero-order chi connectivity index (χ0) is 16.9. The molecule has 4 rings (SSSR count). The van der Waals surface area contributed by atoms with E-state index in [4.69, 9.17) is 9.52 Å². The molecule has 2 aromatic rings. The maximum Gasteiger partial charge on any atom is 0.343 e. The number of nitrogens with zero attached hydrogens (tertiary/aromatic N) is 1. The third-order valence-electron chi connectivity index (χ3n) is 5.17. The van der Waals surface area contributed by atoms with Crippen molar-refractivity contribution in [1.29, 1.82) is 0 Å². The summed E-state index contributed by atoms with van der Waals surface area (Å²) in [6.45, 7) is -0.251. The standard InChI is InChI=1S/C18H18FNO4/c19-18(17(22)23)4-5-20(10-18)16(21)8-13-9-24-15-7-12-3-1-2-11(12)6-14(13)15/h6-7,9H,1-5,8,10H2,(H,22,23). The van der Waals surface area contributed by atoms with Gasteiger partial charge in [0.15, 0.2) is 0 Å². The highest BCUT2D eigenvalue weighted by Crippen LogP contribution is 2.31. The Hall–Kier alpha value is -2.37. The second kappa shape index (κ2) is 5.33. The Morgan fingerprint density at radius 3 is 2.75 bits per heavy atom. The predicted molar refractivity (Wildman–Crippen MR) is 84.6 cm³/mol. The van der Waals surface area contributed by atoms with Crippen LogP contribution in [0.2, 0.25) is 0 Å². The van der Waals surface area contributed by atoms with Gasteiger partial charge in [-0.05, 0) is 42.5 Å². The van der Waals surface area contributed by atoms with Gasteiger partial charge >= 0.3 is 5.97 Å². The number of carboxylic acid groups (broad SMARTS) is 1. The van der Waals surface area contributed by atoms with Gasteiger partial charge < -0.3 is 14.4 Å². The van der Waals surface area contributed by atoms with Crippen molar-refractivity contribution in [2.45, 2.75) is 37.8 Å². The molecule has 2 aliphatic rings. The van der Waals surface area contributed by atoms with Gasteiger partial charge in [0.25, 0.3) is 0 Å². The highest BCUT2D eigenvalue weighted by atomic mass is 19.1. The Balaban J connectivity index is 1.55. The zero-order valence-electron chi connectivity index (χ0n) is 13.2. The average Bonchev–Trinajstić information content (AvgIpc) is 3.24. The van der Waals surface area contributed by atoms with Gasteiger partial charge in [0.2, 0.25) is 11.6 Å². The Kier molecular flexibility index (Phi) is 3.37. The van der Waals surface area contributed by atoms with E-state index in [1.807, 2.05) is 6.07 Å². The summed E-state index contributed by atoms with van der Waals surface area (Å²) in [5.74, 6) is -1.76. The van der Waals surface area contributed by atoms with Crippen LogP contribution in [-0.2, 0) is 28.9 Å². The molecule has 0 bridgehead atoms. The molecule has 1 fully saturated rings. The van der Waals surface area contributed by atoms with Crippen LogP contribution in [0.1, 0.15) is 29.5 Å². The fourth-order valence-corrected chi connectivity index (χ4v) is 3.72. The molecule has 1 amide bonds. The third-order valence-corrected chi connectivity index (χ3v) is 5.17. The van der Waals surface area contributed by atoms with E-state index in [0.29, 0.717) is 0 Å². The van der Waals surface area contributed by atoms with Crippen molar-refractivity contribution in [3.8, 4) is 0 Å². The van der Waals surface area contributed by atoms with Crippen molar-refractivity contribution >= 4 is 22.8 Å². The first-order valence-corrected chi connectivity index (χ1v) is 8.18. The molecule has 5 nitrogen and oxygen atoms in total. The number of alkyl halides is 1. The van der Waals surface area contributed by atoms with Gasteiger partial charge in [-0.2, -0.15) is 0 Å². The number of carboxylic acids is 1. The maximum absolute atomic E-state index is 14.1. The highest BCUT2D eigenvalue weighted by Gasteiger charge is 2.46. The quantitative estimate of drug-likeness (QED) is 0.938. The molecule has 0 saturated carbocycles. The lowest BCUT2D eigenvalue weighted by Crippen LogP contribution is -2.39. The molecule has 126 valence electrons. The van der Waals surface area contributed by atoms with E-state index in [1.165, 1.54) is 16.0 Å². The number of furan rings is 1. The number of benzene rings is 1. The first kappa shape index (κ1) is 15.2. The summed E-state index contributed by atoms with van der Waals surface area (Å²) in [6, 6.07) is 4.13. The zero-order valence-corrected chi connectivity index (χ0v) is 13.2. The van der Waals surface area contributed by atoms with Crippen LogP contribution in [0, 0.1) is 0 Å². The highest BCUT2D eigenvalue weighted by molar-refractivity contribution is 5.89. The summed E-state index contributed by atoms with van der Waals surface area (Å²) in [6.07, 6.45) is 4.75. The number of fused-ring (bicyclic) bond motifs is 2. The molecule has 1 aromatic heterocycles. The van der Waals surface area contributed by atoms with E-state index in [0.717, 1.165) is 35.8 Å². The van der Waals surface area contributed by atoms with Gasteiger partial charge in [-0.3, -0.25) is 4.79 Å². The van der Waals surface area contributed by atoms with E-state index >= 15 is 0 Å². The van der Waals surface area contributed by atoms with Crippen molar-refractivity contribution in [2.75, 3.05) is 13.1 Å². The minimum Gasteiger partial charge on any atom is -0.479 e. The molecule has 1 N–H and O–H groups in total. The van der Waals surface area contributed by atoms with Gasteiger partial charge in [-0.25, -0.2) is 9.18 Å². The Bertz CT molecular complexity index is 843. The molecule has 1 saturated heterocycles. The predicted octanol–water partition coefficient (Wildman–Crippen LogP) is 2.49. The van der Waals surface area contributed by atoms with Crippen molar-refractivity contribution in [1.82, 2.24) is 4.90 Å². The minimum absolute atomic E-state index is 0.0987. The number of aliphatic carboxylic acids is 1. The number of hydrogen-bond donors (Lipinski definition) is 1. The van der Waals surface area contributed by atoms with E-state index in [9.17, 15) is 14.0 Å². The maximum atomic E-state index is 14.1. The van der Waals surface area contributed by atoms with Crippen LogP contribution in [0.3, 0.4) is 0 Å². The molecule has 1 aliphatic carbocycles. The molecule has 1 aromatic carbocycles. The van der Waals surface area contributed by atoms with Gasteiger partial charge in [0, 0.05) is 23.9 Å². The molecule has 0 spiro atoms. The Morgan fingerprint density at radius 1 is 1.29 bits per heavy atom. The summed E-state index contributed by atoms with van der Waals surface area (Å²) < 4.78 is 19.7. The number of carbonyl (C=O) groups excluding carboxylic acids is 1. The molecular weight excluding hydrogens is 313 g/mol. The van der Waals surface area contributed by atoms with Crippen LogP contribution in [0.15, 0.2) is 22.8 Å². The molecular formula is C18H18FNO4. The number of rotatable bonds is 3. The van der Waals surface area contributed by atoms with Gasteiger partial charge in [0.1, 0.15) is 5.58 Å². The summed E-state index contributed by atoms with van der Waals surface area (Å²) in [7, 11) is 0. The molecule has 1 atom stereocenters. The van der Waals surface area contributed by atoms with Gasteiger partial charge in [-0.15, -0.1) is 0 Å². The van der Waals surface area contributed by atoms with Crippen molar-refractivity contribution in [2.24, 2.45) is 0 Å². The van der Waals surface area contributed by atoms with Crippen LogP contribution in [-0.4, -0.2) is 40.6 Å². The monoisotopic (exact) mass is 331 g/mol. The second-order valence-electron chi connectivity index (χ2n) is 6.74. The van der Waals surface area contributed by atoms with E-state index < -0.39 is 11.6 Å². The van der Waals surface area contributed by atoms with Crippen molar-refractivity contribution in [3.63, 3.8) is 0 Å². The lowest BCUT2D eigenvalue weighted by Gasteiger charge is -2.17. The lowest BCUT2D eigenvalue weighted by atomic mass is 10.0. The Morgan fingerprint density at radius 2 is 2.04 bits per heavy atom. The molecule has 6 heteroatoms. The number of amides is 1. The van der Waals surface area contributed by atoms with Crippen LogP contribution in [0.5, 0.6) is 0 Å². The Labute approximate surface area is 138 Å². The van der Waals surface area contributed by atoms with Crippen LogP contribution in [0.25, 0.3) is 11.0 Å². The van der Waals surface area contributed by atoms with Crippen LogP contribution >= 0.6 is 0 Å². The average molecular weight is 331 g/mol. The fraction of sp³-hybridized carbons (Fsp3) is 0.444. The topological polar surface area (TPSA) is 70.8 Å². The van der Waals surface area contributed by atoms with Crippen molar-refractivity contribution < 1.29 is 23.5 Å². The van der Waals surface area contributed by atoms with Gasteiger partial charge in [-0.1, -0.05) is 0 Å².